The standard InChI is InChI=1S/C10H14ClF3N2O/c1-6(2)16-9(7(11)5-15-16)8(17)3-4-10(12,13)14/h5-6,8,17H,3-4H2,1-2H3. The summed E-state index contributed by atoms with van der Waals surface area (Å²) in [6.07, 6.45) is -5.67. The van der Waals surface area contributed by atoms with Gasteiger partial charge >= 0.3 is 6.18 Å². The number of aliphatic hydroxyl groups is 1. The van der Waals surface area contributed by atoms with Crippen molar-refractivity contribution in [3.05, 3.63) is 16.9 Å². The van der Waals surface area contributed by atoms with E-state index >= 15 is 0 Å². The van der Waals surface area contributed by atoms with E-state index in [4.69, 9.17) is 11.6 Å². The third-order valence-corrected chi connectivity index (χ3v) is 2.58. The van der Waals surface area contributed by atoms with Crippen LogP contribution in [0, 0.1) is 0 Å². The number of hydrogen-bond acceptors (Lipinski definition) is 2. The average molecular weight is 271 g/mol. The lowest BCUT2D eigenvalue weighted by atomic mass is 10.1. The van der Waals surface area contributed by atoms with Crippen molar-refractivity contribution < 1.29 is 18.3 Å². The summed E-state index contributed by atoms with van der Waals surface area (Å²) in [5, 5.41) is 13.9. The molecule has 0 fully saturated rings. The first-order chi connectivity index (χ1) is 7.72. The molecule has 0 radical (unpaired) electrons. The molecular weight excluding hydrogens is 257 g/mol. The molecule has 3 nitrogen and oxygen atoms in total. The van der Waals surface area contributed by atoms with Crippen LogP contribution in [-0.2, 0) is 0 Å². The Morgan fingerprint density at radius 1 is 1.47 bits per heavy atom. The molecule has 1 aromatic rings. The van der Waals surface area contributed by atoms with E-state index in [0.717, 1.165) is 0 Å². The minimum absolute atomic E-state index is 0.0713. The Labute approximate surface area is 102 Å². The minimum atomic E-state index is -4.28. The lowest BCUT2D eigenvalue weighted by Crippen LogP contribution is -2.15. The Balaban J connectivity index is 2.81. The lowest BCUT2D eigenvalue weighted by Gasteiger charge is -2.17. The number of aliphatic hydroxyl groups excluding tert-OH is 1. The van der Waals surface area contributed by atoms with E-state index in [1.807, 2.05) is 13.8 Å². The predicted molar refractivity (Wildman–Crippen MR) is 57.9 cm³/mol. The van der Waals surface area contributed by atoms with Gasteiger partial charge in [-0.3, -0.25) is 4.68 Å². The zero-order chi connectivity index (χ0) is 13.2. The van der Waals surface area contributed by atoms with Gasteiger partial charge in [-0.25, -0.2) is 0 Å². The van der Waals surface area contributed by atoms with E-state index in [9.17, 15) is 18.3 Å². The number of halogens is 4. The normalized spacial score (nSPS) is 14.4. The fraction of sp³-hybridized carbons (Fsp3) is 0.700. The molecule has 0 aliphatic heterocycles. The molecular formula is C10H14ClF3N2O. The van der Waals surface area contributed by atoms with Crippen molar-refractivity contribution in [3.63, 3.8) is 0 Å². The van der Waals surface area contributed by atoms with Gasteiger partial charge in [-0.05, 0) is 20.3 Å². The zero-order valence-corrected chi connectivity index (χ0v) is 10.3. The maximum Gasteiger partial charge on any atom is 0.389 e. The van der Waals surface area contributed by atoms with Crippen LogP contribution in [0.15, 0.2) is 6.20 Å². The summed E-state index contributed by atoms with van der Waals surface area (Å²) in [5.41, 5.74) is 0.242. The molecule has 1 atom stereocenters. The van der Waals surface area contributed by atoms with E-state index < -0.39 is 25.1 Å². The first-order valence-corrected chi connectivity index (χ1v) is 5.58. The number of alkyl halides is 3. The first kappa shape index (κ1) is 14.3. The number of rotatable bonds is 4. The van der Waals surface area contributed by atoms with Crippen molar-refractivity contribution in [2.75, 3.05) is 0 Å². The second kappa shape index (κ2) is 5.27. The molecule has 0 saturated heterocycles. The van der Waals surface area contributed by atoms with Crippen LogP contribution >= 0.6 is 11.6 Å². The van der Waals surface area contributed by atoms with Gasteiger partial charge in [0.2, 0.25) is 0 Å². The minimum Gasteiger partial charge on any atom is -0.387 e. The SMILES string of the molecule is CC(C)n1ncc(Cl)c1C(O)CCC(F)(F)F. The smallest absolute Gasteiger partial charge is 0.387 e. The van der Waals surface area contributed by atoms with Gasteiger partial charge in [0.15, 0.2) is 0 Å². The number of aromatic nitrogens is 2. The van der Waals surface area contributed by atoms with Gasteiger partial charge in [0, 0.05) is 12.5 Å². The molecule has 0 aliphatic carbocycles. The summed E-state index contributed by atoms with van der Waals surface area (Å²) in [4.78, 5) is 0. The highest BCUT2D eigenvalue weighted by Gasteiger charge is 2.30. The van der Waals surface area contributed by atoms with Crippen LogP contribution < -0.4 is 0 Å². The summed E-state index contributed by atoms with van der Waals surface area (Å²) in [6.45, 7) is 3.62. The Bertz CT molecular complexity index is 376. The fourth-order valence-corrected chi connectivity index (χ4v) is 1.77. The molecule has 0 aromatic carbocycles. The maximum absolute atomic E-state index is 12.1. The largest absolute Gasteiger partial charge is 0.389 e. The van der Waals surface area contributed by atoms with E-state index in [0.29, 0.717) is 0 Å². The van der Waals surface area contributed by atoms with Crippen LogP contribution in [0.4, 0.5) is 13.2 Å². The van der Waals surface area contributed by atoms with Crippen LogP contribution in [0.25, 0.3) is 0 Å². The Morgan fingerprint density at radius 2 is 2.06 bits per heavy atom. The second-order valence-corrected chi connectivity index (χ2v) is 4.49. The molecule has 98 valence electrons. The fourth-order valence-electron chi connectivity index (χ4n) is 1.51. The van der Waals surface area contributed by atoms with Gasteiger partial charge in [-0.2, -0.15) is 18.3 Å². The summed E-state index contributed by atoms with van der Waals surface area (Å²) >= 11 is 5.81. The Morgan fingerprint density at radius 3 is 2.53 bits per heavy atom. The van der Waals surface area contributed by atoms with Gasteiger partial charge in [-0.1, -0.05) is 11.6 Å². The van der Waals surface area contributed by atoms with E-state index in [1.54, 1.807) is 0 Å². The molecule has 0 aliphatic rings. The summed E-state index contributed by atoms with van der Waals surface area (Å²) < 4.78 is 37.6. The molecule has 1 unspecified atom stereocenters. The van der Waals surface area contributed by atoms with Crippen LogP contribution in [0.2, 0.25) is 5.02 Å². The van der Waals surface area contributed by atoms with Gasteiger partial charge in [-0.15, -0.1) is 0 Å². The second-order valence-electron chi connectivity index (χ2n) is 4.09. The molecule has 0 saturated carbocycles. The third kappa shape index (κ3) is 3.89. The third-order valence-electron chi connectivity index (χ3n) is 2.29. The highest BCUT2D eigenvalue weighted by Crippen LogP contribution is 2.31. The topological polar surface area (TPSA) is 38.0 Å². The highest BCUT2D eigenvalue weighted by molar-refractivity contribution is 6.31. The number of nitrogens with zero attached hydrogens (tertiary/aromatic N) is 2. The summed E-state index contributed by atoms with van der Waals surface area (Å²) in [5.74, 6) is 0. The van der Waals surface area contributed by atoms with Crippen LogP contribution in [-0.4, -0.2) is 21.1 Å². The van der Waals surface area contributed by atoms with Crippen molar-refractivity contribution in [3.8, 4) is 0 Å². The van der Waals surface area contributed by atoms with Crippen molar-refractivity contribution >= 4 is 11.6 Å². The molecule has 1 rings (SSSR count). The van der Waals surface area contributed by atoms with Crippen LogP contribution in [0.3, 0.4) is 0 Å². The first-order valence-electron chi connectivity index (χ1n) is 5.20. The van der Waals surface area contributed by atoms with E-state index in [-0.39, 0.29) is 16.8 Å². The molecule has 0 bridgehead atoms. The van der Waals surface area contributed by atoms with Gasteiger partial charge in [0.05, 0.1) is 23.0 Å². The summed E-state index contributed by atoms with van der Waals surface area (Å²) in [7, 11) is 0. The zero-order valence-electron chi connectivity index (χ0n) is 9.50. The van der Waals surface area contributed by atoms with Crippen molar-refractivity contribution in [1.82, 2.24) is 9.78 Å². The molecule has 1 N–H and O–H groups in total. The predicted octanol–water partition coefficient (Wildman–Crippen LogP) is 3.49. The number of hydrogen-bond donors (Lipinski definition) is 1. The average Bonchev–Trinajstić information content (AvgIpc) is 2.55. The van der Waals surface area contributed by atoms with Gasteiger partial charge < -0.3 is 5.11 Å². The molecule has 0 amide bonds. The lowest BCUT2D eigenvalue weighted by molar-refractivity contribution is -0.140. The monoisotopic (exact) mass is 270 g/mol. The van der Waals surface area contributed by atoms with E-state index in [2.05, 4.69) is 5.10 Å². The highest BCUT2D eigenvalue weighted by atomic mass is 35.5. The van der Waals surface area contributed by atoms with Crippen molar-refractivity contribution in [1.29, 1.82) is 0 Å². The maximum atomic E-state index is 12.1. The van der Waals surface area contributed by atoms with Crippen LogP contribution in [0.1, 0.15) is 44.5 Å². The Hall–Kier alpha value is -0.750. The summed E-state index contributed by atoms with van der Waals surface area (Å²) in [6, 6.07) is -0.0713. The quantitative estimate of drug-likeness (QED) is 0.909. The molecule has 1 aromatic heterocycles. The Kier molecular flexibility index (Phi) is 4.43. The molecule has 0 spiro atoms. The van der Waals surface area contributed by atoms with Gasteiger partial charge in [0.25, 0.3) is 0 Å². The van der Waals surface area contributed by atoms with Crippen LogP contribution in [0.5, 0.6) is 0 Å². The molecule has 1 heterocycles. The molecule has 7 heteroatoms. The molecule has 17 heavy (non-hydrogen) atoms. The van der Waals surface area contributed by atoms with Gasteiger partial charge in [0.1, 0.15) is 0 Å². The van der Waals surface area contributed by atoms with E-state index in [1.165, 1.54) is 10.9 Å². The van der Waals surface area contributed by atoms with Crippen molar-refractivity contribution in [2.24, 2.45) is 0 Å². The van der Waals surface area contributed by atoms with Crippen molar-refractivity contribution in [2.45, 2.75) is 45.0 Å².